The Bertz CT molecular complexity index is 1370. The van der Waals surface area contributed by atoms with Crippen molar-refractivity contribution >= 4 is 45.1 Å². The van der Waals surface area contributed by atoms with Crippen LogP contribution in [0, 0.1) is 6.92 Å². The lowest BCUT2D eigenvalue weighted by Crippen LogP contribution is -2.46. The zero-order valence-corrected chi connectivity index (χ0v) is 20.0. The molecule has 9 heteroatoms. The van der Waals surface area contributed by atoms with Crippen molar-refractivity contribution in [1.29, 1.82) is 0 Å². The second-order valence-corrected chi connectivity index (χ2v) is 9.60. The number of fused-ring (bicyclic) bond motifs is 2. The third-order valence-corrected chi connectivity index (χ3v) is 6.65. The molecule has 0 radical (unpaired) electrons. The number of carbonyl (C=O) groups excluding carboxylic acids is 1. The van der Waals surface area contributed by atoms with E-state index in [1.54, 1.807) is 24.2 Å². The van der Waals surface area contributed by atoms with Crippen LogP contribution in [0.3, 0.4) is 0 Å². The number of aliphatic hydroxyl groups is 1. The fourth-order valence-electron chi connectivity index (χ4n) is 4.73. The van der Waals surface area contributed by atoms with Crippen molar-refractivity contribution < 1.29 is 9.90 Å². The summed E-state index contributed by atoms with van der Waals surface area (Å²) in [5, 5.41) is 12.9. The number of nitrogens with zero attached hydrogens (tertiary/aromatic N) is 5. The molecule has 2 N–H and O–H groups in total. The number of β-amino-alcohol motifs (C(OH)–C–C–N with tert-alkyl or cyclic N) is 1. The smallest absolute Gasteiger partial charge is 0.222 e. The van der Waals surface area contributed by atoms with E-state index in [1.165, 1.54) is 0 Å². The number of benzene rings is 1. The summed E-state index contributed by atoms with van der Waals surface area (Å²) in [6.07, 6.45) is 4.94. The number of anilines is 1. The van der Waals surface area contributed by atoms with Gasteiger partial charge in [-0.2, -0.15) is 0 Å². The Kier molecular flexibility index (Phi) is 5.87. The highest BCUT2D eigenvalue weighted by Gasteiger charge is 2.38. The van der Waals surface area contributed by atoms with Crippen molar-refractivity contribution in [1.82, 2.24) is 24.8 Å². The van der Waals surface area contributed by atoms with Gasteiger partial charge in [0.2, 0.25) is 5.91 Å². The number of hydrogen-bond donors (Lipinski definition) is 2. The molecule has 1 fully saturated rings. The van der Waals surface area contributed by atoms with Crippen molar-refractivity contribution in [3.63, 3.8) is 0 Å². The zero-order valence-electron chi connectivity index (χ0n) is 19.3. The van der Waals surface area contributed by atoms with Gasteiger partial charge < -0.3 is 19.9 Å². The van der Waals surface area contributed by atoms with E-state index in [9.17, 15) is 9.90 Å². The highest BCUT2D eigenvalue weighted by Crippen LogP contribution is 2.32. The second kappa shape index (κ2) is 8.85. The lowest BCUT2D eigenvalue weighted by Gasteiger charge is -2.29. The van der Waals surface area contributed by atoms with Crippen LogP contribution in [0.4, 0.5) is 5.69 Å². The quantitative estimate of drug-likeness (QED) is 0.440. The fraction of sp³-hybridized carbons (Fsp3) is 0.360. The van der Waals surface area contributed by atoms with Crippen LogP contribution in [0.2, 0.25) is 5.02 Å². The maximum Gasteiger partial charge on any atom is 0.222 e. The molecule has 34 heavy (non-hydrogen) atoms. The molecule has 1 atom stereocenters. The molecule has 5 rings (SSSR count). The van der Waals surface area contributed by atoms with Gasteiger partial charge in [-0.25, -0.2) is 4.98 Å². The second-order valence-electron chi connectivity index (χ2n) is 9.17. The van der Waals surface area contributed by atoms with Crippen LogP contribution in [0.1, 0.15) is 24.4 Å². The number of imidazole rings is 1. The summed E-state index contributed by atoms with van der Waals surface area (Å²) in [5.41, 5.74) is 3.54. The number of pyridine rings is 2. The molecule has 1 amide bonds. The first-order chi connectivity index (χ1) is 16.3. The summed E-state index contributed by atoms with van der Waals surface area (Å²) in [6.45, 7) is 3.39. The van der Waals surface area contributed by atoms with Crippen molar-refractivity contribution in [2.24, 2.45) is 0 Å². The Morgan fingerprint density at radius 1 is 1.26 bits per heavy atom. The number of aryl methyl sites for hydroxylation is 2. The summed E-state index contributed by atoms with van der Waals surface area (Å²) in [5.74, 6) is 0.720. The lowest BCUT2D eigenvalue weighted by molar-refractivity contribution is -0.132. The molecule has 1 aliphatic rings. The van der Waals surface area contributed by atoms with Crippen LogP contribution in [-0.2, 0) is 11.2 Å². The van der Waals surface area contributed by atoms with Crippen LogP contribution in [0.15, 0.2) is 42.7 Å². The standard InChI is InChI=1S/C25H27ClN6O2/c1-16-11-22(18-13-27-9-7-19(18)28-16)32-10-8-25(34,15-32)14-31(2)24(33)6-5-23-29-20-4-3-17(26)12-21(20)30-23/h3-4,7,9,11-13,34H,5-6,8,10,14-15H2,1-2H3,(H,29,30). The molecule has 0 saturated carbocycles. The lowest BCUT2D eigenvalue weighted by atomic mass is 10.0. The average molecular weight is 479 g/mol. The van der Waals surface area contributed by atoms with Crippen LogP contribution >= 0.6 is 11.6 Å². The summed E-state index contributed by atoms with van der Waals surface area (Å²) >= 11 is 6.03. The average Bonchev–Trinajstić information content (AvgIpc) is 3.39. The predicted octanol–water partition coefficient (Wildman–Crippen LogP) is 3.50. The summed E-state index contributed by atoms with van der Waals surface area (Å²) in [6, 6.07) is 9.41. The molecule has 0 aliphatic carbocycles. The third kappa shape index (κ3) is 4.56. The van der Waals surface area contributed by atoms with E-state index in [0.29, 0.717) is 37.4 Å². The molecule has 0 bridgehead atoms. The summed E-state index contributed by atoms with van der Waals surface area (Å²) in [7, 11) is 1.75. The first kappa shape index (κ1) is 22.6. The Morgan fingerprint density at radius 2 is 2.12 bits per heavy atom. The van der Waals surface area contributed by atoms with Gasteiger partial charge >= 0.3 is 0 Å². The monoisotopic (exact) mass is 478 g/mol. The number of aromatic nitrogens is 4. The fourth-order valence-corrected chi connectivity index (χ4v) is 4.90. The normalized spacial score (nSPS) is 18.2. The Balaban J connectivity index is 1.22. The van der Waals surface area contributed by atoms with Gasteiger partial charge in [-0.3, -0.25) is 14.8 Å². The van der Waals surface area contributed by atoms with E-state index in [1.807, 2.05) is 37.4 Å². The van der Waals surface area contributed by atoms with E-state index in [0.717, 1.165) is 39.1 Å². The summed E-state index contributed by atoms with van der Waals surface area (Å²) in [4.78, 5) is 33.2. The molecule has 0 spiro atoms. The first-order valence-electron chi connectivity index (χ1n) is 11.4. The third-order valence-electron chi connectivity index (χ3n) is 6.42. The van der Waals surface area contributed by atoms with E-state index in [4.69, 9.17) is 11.6 Å². The molecular formula is C25H27ClN6O2. The van der Waals surface area contributed by atoms with Crippen LogP contribution in [-0.4, -0.2) is 68.1 Å². The van der Waals surface area contributed by atoms with E-state index < -0.39 is 5.60 Å². The number of H-pyrrole nitrogens is 1. The van der Waals surface area contributed by atoms with Gasteiger partial charge in [0.25, 0.3) is 0 Å². The Hall–Kier alpha value is -3.23. The number of nitrogens with one attached hydrogen (secondary N) is 1. The number of likely N-dealkylation sites (N-methyl/N-ethyl adjacent to an activating group) is 1. The van der Waals surface area contributed by atoms with Crippen molar-refractivity contribution in [3.05, 3.63) is 59.3 Å². The number of carbonyl (C=O) groups is 1. The van der Waals surface area contributed by atoms with E-state index in [-0.39, 0.29) is 12.5 Å². The number of rotatable bonds is 6. The topological polar surface area (TPSA) is 98.2 Å². The number of hydrogen-bond acceptors (Lipinski definition) is 6. The predicted molar refractivity (Wildman–Crippen MR) is 133 cm³/mol. The summed E-state index contributed by atoms with van der Waals surface area (Å²) < 4.78 is 0. The zero-order chi connectivity index (χ0) is 23.9. The Labute approximate surface area is 202 Å². The Morgan fingerprint density at radius 3 is 2.97 bits per heavy atom. The van der Waals surface area contributed by atoms with Gasteiger partial charge in [-0.05, 0) is 43.7 Å². The molecule has 4 heterocycles. The highest BCUT2D eigenvalue weighted by molar-refractivity contribution is 6.31. The van der Waals surface area contributed by atoms with Crippen molar-refractivity contribution in [3.8, 4) is 0 Å². The molecule has 176 valence electrons. The van der Waals surface area contributed by atoms with Crippen molar-refractivity contribution in [2.45, 2.75) is 31.8 Å². The maximum atomic E-state index is 12.8. The van der Waals surface area contributed by atoms with Gasteiger partial charge in [0.1, 0.15) is 11.4 Å². The van der Waals surface area contributed by atoms with E-state index in [2.05, 4.69) is 24.8 Å². The van der Waals surface area contributed by atoms with E-state index >= 15 is 0 Å². The van der Waals surface area contributed by atoms with Crippen LogP contribution in [0.25, 0.3) is 21.9 Å². The molecule has 8 nitrogen and oxygen atoms in total. The highest BCUT2D eigenvalue weighted by atomic mass is 35.5. The largest absolute Gasteiger partial charge is 0.386 e. The number of halogens is 1. The minimum Gasteiger partial charge on any atom is -0.386 e. The molecule has 4 aromatic rings. The van der Waals surface area contributed by atoms with Crippen LogP contribution < -0.4 is 4.90 Å². The molecular weight excluding hydrogens is 452 g/mol. The van der Waals surface area contributed by atoms with Crippen LogP contribution in [0.5, 0.6) is 0 Å². The minimum atomic E-state index is -0.980. The molecule has 1 aromatic carbocycles. The molecule has 1 saturated heterocycles. The van der Waals surface area contributed by atoms with Crippen molar-refractivity contribution in [2.75, 3.05) is 31.6 Å². The van der Waals surface area contributed by atoms with Gasteiger partial charge in [0.15, 0.2) is 0 Å². The maximum absolute atomic E-state index is 12.8. The minimum absolute atomic E-state index is 0.0280. The molecule has 1 unspecified atom stereocenters. The first-order valence-corrected chi connectivity index (χ1v) is 11.7. The van der Waals surface area contributed by atoms with Gasteiger partial charge in [0, 0.05) is 67.2 Å². The molecule has 3 aromatic heterocycles. The SMILES string of the molecule is Cc1cc(N2CCC(O)(CN(C)C(=O)CCc3nc4ccc(Cl)cc4[nH]3)C2)c2cnccc2n1. The number of amides is 1. The number of aromatic amines is 1. The van der Waals surface area contributed by atoms with Gasteiger partial charge in [-0.1, -0.05) is 11.6 Å². The van der Waals surface area contributed by atoms with Gasteiger partial charge in [0.05, 0.1) is 23.1 Å². The molecule has 1 aliphatic heterocycles. The van der Waals surface area contributed by atoms with Gasteiger partial charge in [-0.15, -0.1) is 0 Å².